The molecule has 0 radical (unpaired) electrons. The van der Waals surface area contributed by atoms with Gasteiger partial charge in [0.25, 0.3) is 0 Å². The van der Waals surface area contributed by atoms with E-state index < -0.39 is 0 Å². The van der Waals surface area contributed by atoms with Crippen molar-refractivity contribution in [1.29, 1.82) is 0 Å². The molecule has 0 bridgehead atoms. The maximum atomic E-state index is 5.28. The Kier molecular flexibility index (Phi) is 20.5. The largest absolute Gasteiger partial charge is 0.405 e. The molecule has 23 heavy (non-hydrogen) atoms. The van der Waals surface area contributed by atoms with Crippen LogP contribution in [0.15, 0.2) is 24.4 Å². The summed E-state index contributed by atoms with van der Waals surface area (Å²) >= 11 is 0. The van der Waals surface area contributed by atoms with Gasteiger partial charge in [-0.15, -0.1) is 0 Å². The quantitative estimate of drug-likeness (QED) is 0.237. The second-order valence-corrected chi connectivity index (χ2v) is 6.57. The Morgan fingerprint density at radius 1 is 0.652 bits per heavy atom. The van der Waals surface area contributed by atoms with Crippen LogP contribution < -0.4 is 11.1 Å². The Labute approximate surface area is 146 Å². The molecule has 0 aliphatic carbocycles. The molecule has 0 aromatic rings. The fraction of sp³-hybridized carbons (Fsp3) is 0.810. The van der Waals surface area contributed by atoms with Crippen LogP contribution in [0.4, 0.5) is 0 Å². The average Bonchev–Trinajstić information content (AvgIpc) is 2.57. The van der Waals surface area contributed by atoms with Gasteiger partial charge in [0.15, 0.2) is 0 Å². The summed E-state index contributed by atoms with van der Waals surface area (Å²) < 4.78 is 0. The van der Waals surface area contributed by atoms with Crippen molar-refractivity contribution in [2.24, 2.45) is 5.73 Å². The van der Waals surface area contributed by atoms with Gasteiger partial charge in [0, 0.05) is 6.54 Å². The zero-order valence-electron chi connectivity index (χ0n) is 15.7. The first-order chi connectivity index (χ1) is 11.4. The van der Waals surface area contributed by atoms with Crippen LogP contribution in [-0.4, -0.2) is 13.1 Å². The molecule has 0 aliphatic heterocycles. The first-order valence-electron chi connectivity index (χ1n) is 10.1. The second-order valence-electron chi connectivity index (χ2n) is 6.57. The number of allylic oxidation sites excluding steroid dienone is 2. The predicted molar refractivity (Wildman–Crippen MR) is 106 cm³/mol. The third kappa shape index (κ3) is 21.2. The van der Waals surface area contributed by atoms with Crippen LogP contribution in [0.25, 0.3) is 0 Å². The molecular formula is C21H42N2. The van der Waals surface area contributed by atoms with Crippen molar-refractivity contribution in [3.63, 3.8) is 0 Å². The summed E-state index contributed by atoms with van der Waals surface area (Å²) in [6.07, 6.45) is 27.6. The number of unbranched alkanes of at least 4 members (excludes halogenated alkanes) is 12. The van der Waals surface area contributed by atoms with Crippen LogP contribution in [0.1, 0.15) is 96.8 Å². The standard InChI is InChI=1S/C21H42N2/c1-2-3-4-5-6-7-8-9-10-11-12-13-14-15-16-17-20-23-21-18-19-22/h9-10,18-19,23H,2-8,11-17,20-22H2,1H3/b10-9-,19-18?. The number of nitrogens with one attached hydrogen (secondary N) is 1. The summed E-state index contributed by atoms with van der Waals surface area (Å²) in [5.41, 5.74) is 5.28. The van der Waals surface area contributed by atoms with E-state index >= 15 is 0 Å². The van der Waals surface area contributed by atoms with Crippen molar-refractivity contribution >= 4 is 0 Å². The van der Waals surface area contributed by atoms with E-state index in [1.807, 2.05) is 6.08 Å². The minimum atomic E-state index is 0.904. The van der Waals surface area contributed by atoms with Crippen LogP contribution in [0.2, 0.25) is 0 Å². The Bertz CT molecular complexity index is 259. The minimum absolute atomic E-state index is 0.904. The van der Waals surface area contributed by atoms with Gasteiger partial charge in [-0.1, -0.05) is 82.9 Å². The molecule has 0 unspecified atom stereocenters. The number of rotatable bonds is 18. The molecule has 0 aromatic heterocycles. The molecule has 2 nitrogen and oxygen atoms in total. The van der Waals surface area contributed by atoms with Gasteiger partial charge in [0.1, 0.15) is 0 Å². The Morgan fingerprint density at radius 3 is 1.74 bits per heavy atom. The number of nitrogens with two attached hydrogens (primary N) is 1. The summed E-state index contributed by atoms with van der Waals surface area (Å²) in [6, 6.07) is 0. The molecule has 0 aliphatic rings. The van der Waals surface area contributed by atoms with E-state index in [4.69, 9.17) is 5.73 Å². The molecule has 2 heteroatoms. The molecule has 0 fully saturated rings. The normalized spacial score (nSPS) is 11.9. The lowest BCUT2D eigenvalue weighted by Crippen LogP contribution is -2.15. The third-order valence-corrected chi connectivity index (χ3v) is 4.26. The molecule has 0 saturated heterocycles. The highest BCUT2D eigenvalue weighted by molar-refractivity contribution is 4.81. The fourth-order valence-corrected chi connectivity index (χ4v) is 2.75. The molecule has 0 rings (SSSR count). The Balaban J connectivity index is 3.05. The van der Waals surface area contributed by atoms with Crippen molar-refractivity contribution in [2.45, 2.75) is 96.8 Å². The van der Waals surface area contributed by atoms with Gasteiger partial charge < -0.3 is 11.1 Å². The van der Waals surface area contributed by atoms with Gasteiger partial charge in [-0.25, -0.2) is 0 Å². The van der Waals surface area contributed by atoms with E-state index in [0.717, 1.165) is 13.1 Å². The van der Waals surface area contributed by atoms with Crippen molar-refractivity contribution in [3.8, 4) is 0 Å². The summed E-state index contributed by atoms with van der Waals surface area (Å²) in [5.74, 6) is 0. The molecule has 0 amide bonds. The molecular weight excluding hydrogens is 280 g/mol. The lowest BCUT2D eigenvalue weighted by Gasteiger charge is -2.02. The summed E-state index contributed by atoms with van der Waals surface area (Å²) in [5, 5.41) is 3.36. The van der Waals surface area contributed by atoms with Gasteiger partial charge >= 0.3 is 0 Å². The van der Waals surface area contributed by atoms with E-state index in [1.54, 1.807) is 6.20 Å². The Hall–Kier alpha value is -0.760. The highest BCUT2D eigenvalue weighted by atomic mass is 14.8. The maximum absolute atomic E-state index is 5.28. The molecule has 136 valence electrons. The summed E-state index contributed by atoms with van der Waals surface area (Å²) in [7, 11) is 0. The SMILES string of the molecule is CCCCCCCC/C=C\CCCCCCCCNCC=CN. The lowest BCUT2D eigenvalue weighted by molar-refractivity contribution is 0.577. The predicted octanol–water partition coefficient (Wildman–Crippen LogP) is 6.09. The topological polar surface area (TPSA) is 38.0 Å². The van der Waals surface area contributed by atoms with Crippen molar-refractivity contribution < 1.29 is 0 Å². The third-order valence-electron chi connectivity index (χ3n) is 4.26. The first-order valence-corrected chi connectivity index (χ1v) is 10.1. The van der Waals surface area contributed by atoms with Crippen molar-refractivity contribution in [1.82, 2.24) is 5.32 Å². The van der Waals surface area contributed by atoms with E-state index in [-0.39, 0.29) is 0 Å². The second kappa shape index (κ2) is 21.2. The molecule has 3 N–H and O–H groups in total. The van der Waals surface area contributed by atoms with E-state index in [1.165, 1.54) is 89.9 Å². The van der Waals surface area contributed by atoms with E-state index in [0.29, 0.717) is 0 Å². The molecule has 0 atom stereocenters. The van der Waals surface area contributed by atoms with Gasteiger partial charge in [0.05, 0.1) is 0 Å². The zero-order valence-corrected chi connectivity index (χ0v) is 15.7. The van der Waals surface area contributed by atoms with Gasteiger partial charge in [-0.05, 0) is 44.8 Å². The van der Waals surface area contributed by atoms with Crippen LogP contribution in [0, 0.1) is 0 Å². The number of hydrogen-bond donors (Lipinski definition) is 2. The fourth-order valence-electron chi connectivity index (χ4n) is 2.75. The highest BCUT2D eigenvalue weighted by Gasteiger charge is 1.91. The minimum Gasteiger partial charge on any atom is -0.405 e. The monoisotopic (exact) mass is 322 g/mol. The molecule has 0 spiro atoms. The smallest absolute Gasteiger partial charge is 0.0151 e. The molecule has 0 aromatic carbocycles. The van der Waals surface area contributed by atoms with Crippen LogP contribution in [0.3, 0.4) is 0 Å². The van der Waals surface area contributed by atoms with Gasteiger partial charge in [-0.3, -0.25) is 0 Å². The van der Waals surface area contributed by atoms with Crippen LogP contribution in [-0.2, 0) is 0 Å². The van der Waals surface area contributed by atoms with Crippen LogP contribution >= 0.6 is 0 Å². The first kappa shape index (κ1) is 22.2. The van der Waals surface area contributed by atoms with E-state index in [9.17, 15) is 0 Å². The summed E-state index contributed by atoms with van der Waals surface area (Å²) in [4.78, 5) is 0. The van der Waals surface area contributed by atoms with Crippen LogP contribution in [0.5, 0.6) is 0 Å². The average molecular weight is 323 g/mol. The van der Waals surface area contributed by atoms with Gasteiger partial charge in [0.2, 0.25) is 0 Å². The zero-order chi connectivity index (χ0) is 16.8. The van der Waals surface area contributed by atoms with Crippen molar-refractivity contribution in [2.75, 3.05) is 13.1 Å². The lowest BCUT2D eigenvalue weighted by atomic mass is 10.1. The number of hydrogen-bond acceptors (Lipinski definition) is 2. The highest BCUT2D eigenvalue weighted by Crippen LogP contribution is 2.09. The van der Waals surface area contributed by atoms with E-state index in [2.05, 4.69) is 24.4 Å². The van der Waals surface area contributed by atoms with Gasteiger partial charge in [-0.2, -0.15) is 0 Å². The Morgan fingerprint density at radius 2 is 1.17 bits per heavy atom. The molecule has 0 saturated carbocycles. The molecule has 0 heterocycles. The summed E-state index contributed by atoms with van der Waals surface area (Å²) in [6.45, 7) is 4.30. The van der Waals surface area contributed by atoms with Crippen molar-refractivity contribution in [3.05, 3.63) is 24.4 Å². The maximum Gasteiger partial charge on any atom is 0.0151 e.